The number of aliphatic carboxylic acids is 1. The average Bonchev–Trinajstić information content (AvgIpc) is 3.04. The normalized spacial score (nSPS) is 21.2. The Morgan fingerprint density at radius 2 is 1.68 bits per heavy atom. The molecule has 6 heteroatoms. The van der Waals surface area contributed by atoms with Crippen LogP contribution in [0.4, 0.5) is 9.18 Å². The van der Waals surface area contributed by atoms with Crippen LogP contribution in [0.2, 0.25) is 0 Å². The van der Waals surface area contributed by atoms with Gasteiger partial charge in [0.1, 0.15) is 0 Å². The number of urea groups is 1. The van der Waals surface area contributed by atoms with Gasteiger partial charge in [-0.3, -0.25) is 0 Å². The van der Waals surface area contributed by atoms with Gasteiger partial charge in [0.2, 0.25) is 0 Å². The predicted molar refractivity (Wildman–Crippen MR) is 95.3 cm³/mol. The van der Waals surface area contributed by atoms with Crippen molar-refractivity contribution < 1.29 is 19.1 Å². The molecule has 2 saturated carbocycles. The molecule has 0 aromatic heterocycles. The number of carbonyl (C=O) groups excluding carboxylic acids is 1. The van der Waals surface area contributed by atoms with Gasteiger partial charge in [0.05, 0.1) is 0 Å². The zero-order valence-corrected chi connectivity index (χ0v) is 15.2. The number of carboxylic acid groups (broad SMARTS) is 1. The number of halogens is 1. The molecule has 0 aromatic rings. The highest BCUT2D eigenvalue weighted by molar-refractivity contribution is 5.74. The van der Waals surface area contributed by atoms with Gasteiger partial charge >= 0.3 is 12.0 Å². The van der Waals surface area contributed by atoms with E-state index in [-0.39, 0.29) is 12.5 Å². The minimum atomic E-state index is -1.75. The Bertz CT molecular complexity index is 428. The van der Waals surface area contributed by atoms with E-state index in [4.69, 9.17) is 5.11 Å². The molecule has 1 unspecified atom stereocenters. The molecule has 0 saturated heterocycles. The molecule has 2 aliphatic carbocycles. The second kappa shape index (κ2) is 9.97. The number of nitrogens with one attached hydrogen (secondary N) is 2. The summed E-state index contributed by atoms with van der Waals surface area (Å²) in [7, 11) is 0. The van der Waals surface area contributed by atoms with Crippen molar-refractivity contribution in [1.29, 1.82) is 0 Å². The summed E-state index contributed by atoms with van der Waals surface area (Å²) in [6, 6.07) is 0.228. The first-order chi connectivity index (χ1) is 12.0. The number of carbonyl (C=O) groups is 2. The van der Waals surface area contributed by atoms with Gasteiger partial charge in [0, 0.05) is 12.6 Å². The van der Waals surface area contributed by atoms with Gasteiger partial charge in [-0.15, -0.1) is 0 Å². The SMILES string of the molecule is O=C(NCCCCCCC(F)C(=O)O)NC1CCC2(CCCC2)CC1. The minimum Gasteiger partial charge on any atom is -0.479 e. The molecule has 2 amide bonds. The maximum Gasteiger partial charge on any atom is 0.338 e. The first kappa shape index (κ1) is 20.0. The molecule has 3 N–H and O–H groups in total. The summed E-state index contributed by atoms with van der Waals surface area (Å²) in [5.74, 6) is -1.38. The van der Waals surface area contributed by atoms with Gasteiger partial charge in [-0.25, -0.2) is 14.0 Å². The lowest BCUT2D eigenvalue weighted by Gasteiger charge is -2.37. The van der Waals surface area contributed by atoms with E-state index in [0.717, 1.165) is 32.1 Å². The summed E-state index contributed by atoms with van der Waals surface area (Å²) >= 11 is 0. The summed E-state index contributed by atoms with van der Waals surface area (Å²) in [5, 5.41) is 14.4. The molecule has 1 spiro atoms. The van der Waals surface area contributed by atoms with Crippen LogP contribution in [0.1, 0.15) is 83.5 Å². The smallest absolute Gasteiger partial charge is 0.338 e. The van der Waals surface area contributed by atoms with Crippen LogP contribution in [0.5, 0.6) is 0 Å². The Kier molecular flexibility index (Phi) is 7.97. The van der Waals surface area contributed by atoms with Gasteiger partial charge in [0.25, 0.3) is 0 Å². The number of hydrogen-bond donors (Lipinski definition) is 3. The number of alkyl halides is 1. The third kappa shape index (κ3) is 6.83. The van der Waals surface area contributed by atoms with E-state index in [9.17, 15) is 14.0 Å². The summed E-state index contributed by atoms with van der Waals surface area (Å²) in [6.07, 6.45) is 11.6. The molecule has 2 rings (SSSR count). The molecule has 0 bridgehead atoms. The highest BCUT2D eigenvalue weighted by Crippen LogP contribution is 2.48. The molecule has 25 heavy (non-hydrogen) atoms. The molecule has 0 aliphatic heterocycles. The second-order valence-electron chi connectivity index (χ2n) is 7.89. The van der Waals surface area contributed by atoms with E-state index in [1.807, 2.05) is 0 Å². The quantitative estimate of drug-likeness (QED) is 0.543. The maximum absolute atomic E-state index is 12.9. The molecular formula is C19H33FN2O3. The topological polar surface area (TPSA) is 78.4 Å². The van der Waals surface area contributed by atoms with Gasteiger partial charge in [-0.1, -0.05) is 25.7 Å². The average molecular weight is 356 g/mol. The van der Waals surface area contributed by atoms with E-state index in [2.05, 4.69) is 10.6 Å². The standard InChI is InChI=1S/C19H33FN2O3/c20-16(17(23)24)7-3-1-2-6-14-21-18(25)22-15-8-12-19(13-9-15)10-4-5-11-19/h15-16H,1-14H2,(H,23,24)(H2,21,22,25). The van der Waals surface area contributed by atoms with Crippen molar-refractivity contribution in [2.75, 3.05) is 6.54 Å². The zero-order chi connectivity index (χ0) is 18.1. The van der Waals surface area contributed by atoms with Crippen molar-refractivity contribution >= 4 is 12.0 Å². The fourth-order valence-electron chi connectivity index (χ4n) is 4.36. The molecule has 0 radical (unpaired) electrons. The minimum absolute atomic E-state index is 0.0758. The van der Waals surface area contributed by atoms with Crippen LogP contribution < -0.4 is 10.6 Å². The van der Waals surface area contributed by atoms with Gasteiger partial charge in [-0.2, -0.15) is 0 Å². The van der Waals surface area contributed by atoms with Crippen molar-refractivity contribution in [3.05, 3.63) is 0 Å². The maximum atomic E-state index is 12.9. The lowest BCUT2D eigenvalue weighted by atomic mass is 9.71. The van der Waals surface area contributed by atoms with Crippen LogP contribution in [-0.2, 0) is 4.79 Å². The van der Waals surface area contributed by atoms with Crippen LogP contribution in [0.3, 0.4) is 0 Å². The highest BCUT2D eigenvalue weighted by Gasteiger charge is 2.37. The van der Waals surface area contributed by atoms with Crippen molar-refractivity contribution in [2.24, 2.45) is 5.41 Å². The molecule has 144 valence electrons. The van der Waals surface area contributed by atoms with Crippen molar-refractivity contribution in [2.45, 2.75) is 95.7 Å². The third-order valence-corrected chi connectivity index (χ3v) is 5.98. The van der Waals surface area contributed by atoms with Crippen LogP contribution in [0.15, 0.2) is 0 Å². The van der Waals surface area contributed by atoms with Crippen LogP contribution >= 0.6 is 0 Å². The Labute approximate surface area is 150 Å². The molecule has 0 heterocycles. The van der Waals surface area contributed by atoms with Crippen LogP contribution in [0, 0.1) is 5.41 Å². The fourth-order valence-corrected chi connectivity index (χ4v) is 4.36. The number of amides is 2. The predicted octanol–water partition coefficient (Wildman–Crippen LogP) is 4.16. The lowest BCUT2D eigenvalue weighted by Crippen LogP contribution is -2.45. The molecule has 1 atom stereocenters. The number of hydrogen-bond acceptors (Lipinski definition) is 2. The Hall–Kier alpha value is -1.33. The van der Waals surface area contributed by atoms with Crippen molar-refractivity contribution in [1.82, 2.24) is 10.6 Å². The third-order valence-electron chi connectivity index (χ3n) is 5.98. The Balaban J connectivity index is 1.46. The molecular weight excluding hydrogens is 323 g/mol. The summed E-state index contributed by atoms with van der Waals surface area (Å²) < 4.78 is 12.9. The Morgan fingerprint density at radius 1 is 1.04 bits per heavy atom. The monoisotopic (exact) mass is 356 g/mol. The number of carboxylic acids is 1. The van der Waals surface area contributed by atoms with Crippen molar-refractivity contribution in [3.8, 4) is 0 Å². The molecule has 2 fully saturated rings. The van der Waals surface area contributed by atoms with Crippen LogP contribution in [0.25, 0.3) is 0 Å². The van der Waals surface area contributed by atoms with E-state index in [1.54, 1.807) is 0 Å². The molecule has 5 nitrogen and oxygen atoms in total. The zero-order valence-electron chi connectivity index (χ0n) is 15.2. The highest BCUT2D eigenvalue weighted by atomic mass is 19.1. The second-order valence-corrected chi connectivity index (χ2v) is 7.89. The van der Waals surface area contributed by atoms with Gasteiger partial charge in [-0.05, 0) is 63.2 Å². The van der Waals surface area contributed by atoms with E-state index in [0.29, 0.717) is 24.4 Å². The summed E-state index contributed by atoms with van der Waals surface area (Å²) in [4.78, 5) is 22.3. The van der Waals surface area contributed by atoms with E-state index in [1.165, 1.54) is 38.5 Å². The molecule has 2 aliphatic rings. The number of unbranched alkanes of at least 4 members (excludes halogenated alkanes) is 3. The summed E-state index contributed by atoms with van der Waals surface area (Å²) in [5.41, 5.74) is 0.591. The van der Waals surface area contributed by atoms with Crippen molar-refractivity contribution in [3.63, 3.8) is 0 Å². The lowest BCUT2D eigenvalue weighted by molar-refractivity contribution is -0.143. The Morgan fingerprint density at radius 3 is 2.32 bits per heavy atom. The van der Waals surface area contributed by atoms with Crippen LogP contribution in [-0.4, -0.2) is 35.9 Å². The van der Waals surface area contributed by atoms with Gasteiger partial charge < -0.3 is 15.7 Å². The van der Waals surface area contributed by atoms with E-state index >= 15 is 0 Å². The number of rotatable bonds is 9. The summed E-state index contributed by atoms with van der Waals surface area (Å²) in [6.45, 7) is 0.612. The van der Waals surface area contributed by atoms with Gasteiger partial charge in [0.15, 0.2) is 6.17 Å². The fraction of sp³-hybridized carbons (Fsp3) is 0.895. The largest absolute Gasteiger partial charge is 0.479 e. The first-order valence-corrected chi connectivity index (χ1v) is 9.92. The first-order valence-electron chi connectivity index (χ1n) is 9.92. The molecule has 0 aromatic carbocycles. The van der Waals surface area contributed by atoms with E-state index < -0.39 is 12.1 Å².